The number of H-pyrrole nitrogens is 1. The third-order valence-electron chi connectivity index (χ3n) is 3.02. The molecule has 1 amide bonds. The summed E-state index contributed by atoms with van der Waals surface area (Å²) in [6, 6.07) is 7.12. The second kappa shape index (κ2) is 5.37. The smallest absolute Gasteiger partial charge is 0.261 e. The molecule has 6 nitrogen and oxygen atoms in total. The number of anilines is 2. The molecule has 0 unspecified atom stereocenters. The average molecular weight is 299 g/mol. The minimum atomic E-state index is -0.467. The van der Waals surface area contributed by atoms with E-state index in [-0.39, 0.29) is 5.56 Å². The highest BCUT2D eigenvalue weighted by atomic mass is 32.1. The number of amides is 1. The minimum Gasteiger partial charge on any atom is -0.386 e. The van der Waals surface area contributed by atoms with Gasteiger partial charge in [-0.05, 0) is 12.1 Å². The highest BCUT2D eigenvalue weighted by Gasteiger charge is 2.13. The van der Waals surface area contributed by atoms with E-state index >= 15 is 0 Å². The lowest BCUT2D eigenvalue weighted by atomic mass is 10.1. The SMILES string of the molecule is CNc1cccc2cc(C(=O)Nc3cn[c]s3)c(=O)[nH]c12. The number of carbonyl (C=O) groups excluding carboxylic acids is 1. The van der Waals surface area contributed by atoms with E-state index < -0.39 is 11.5 Å². The first-order valence-corrected chi connectivity index (χ1v) is 6.97. The van der Waals surface area contributed by atoms with E-state index in [1.807, 2.05) is 18.2 Å². The summed E-state index contributed by atoms with van der Waals surface area (Å²) in [6.45, 7) is 0. The van der Waals surface area contributed by atoms with Gasteiger partial charge in [0.15, 0.2) is 5.51 Å². The number of benzene rings is 1. The van der Waals surface area contributed by atoms with Crippen LogP contribution in [0.15, 0.2) is 35.3 Å². The van der Waals surface area contributed by atoms with Gasteiger partial charge in [-0.15, -0.1) is 0 Å². The predicted molar refractivity (Wildman–Crippen MR) is 83.0 cm³/mol. The largest absolute Gasteiger partial charge is 0.386 e. The Bertz CT molecular complexity index is 855. The monoisotopic (exact) mass is 299 g/mol. The number of pyridine rings is 1. The molecule has 3 N–H and O–H groups in total. The lowest BCUT2D eigenvalue weighted by Crippen LogP contribution is -2.22. The molecule has 3 aromatic rings. The number of thiazole rings is 1. The van der Waals surface area contributed by atoms with E-state index in [1.54, 1.807) is 13.1 Å². The molecule has 0 aliphatic carbocycles. The van der Waals surface area contributed by atoms with Crippen LogP contribution in [-0.2, 0) is 0 Å². The highest BCUT2D eigenvalue weighted by molar-refractivity contribution is 7.13. The molecule has 0 atom stereocenters. The lowest BCUT2D eigenvalue weighted by molar-refractivity contribution is 0.102. The summed E-state index contributed by atoms with van der Waals surface area (Å²) >= 11 is 1.17. The number of fused-ring (bicyclic) bond motifs is 1. The molecule has 0 saturated heterocycles. The molecule has 105 valence electrons. The first-order valence-electron chi connectivity index (χ1n) is 6.16. The van der Waals surface area contributed by atoms with Crippen LogP contribution in [0.1, 0.15) is 10.4 Å². The molecular weight excluding hydrogens is 288 g/mol. The number of aromatic amines is 1. The summed E-state index contributed by atoms with van der Waals surface area (Å²) in [4.78, 5) is 30.7. The van der Waals surface area contributed by atoms with Gasteiger partial charge in [-0.25, -0.2) is 4.98 Å². The van der Waals surface area contributed by atoms with Gasteiger partial charge in [0.1, 0.15) is 10.6 Å². The van der Waals surface area contributed by atoms with Crippen molar-refractivity contribution in [2.24, 2.45) is 0 Å². The van der Waals surface area contributed by atoms with Crippen LogP contribution in [0.5, 0.6) is 0 Å². The summed E-state index contributed by atoms with van der Waals surface area (Å²) < 4.78 is 0. The van der Waals surface area contributed by atoms with E-state index in [4.69, 9.17) is 0 Å². The molecule has 21 heavy (non-hydrogen) atoms. The summed E-state index contributed by atoms with van der Waals surface area (Å²) in [7, 11) is 1.77. The Labute approximate surface area is 123 Å². The summed E-state index contributed by atoms with van der Waals surface area (Å²) in [6.07, 6.45) is 1.48. The van der Waals surface area contributed by atoms with E-state index in [9.17, 15) is 9.59 Å². The average Bonchev–Trinajstić information content (AvgIpc) is 2.98. The Kier molecular flexibility index (Phi) is 3.41. The molecule has 0 aliphatic heterocycles. The number of nitrogens with zero attached hydrogens (tertiary/aromatic N) is 1. The van der Waals surface area contributed by atoms with Crippen molar-refractivity contribution in [1.82, 2.24) is 9.97 Å². The molecular formula is C14H11N4O2S. The van der Waals surface area contributed by atoms with Crippen molar-refractivity contribution >= 4 is 38.8 Å². The van der Waals surface area contributed by atoms with Crippen molar-refractivity contribution in [2.45, 2.75) is 0 Å². The molecule has 3 rings (SSSR count). The predicted octanol–water partition coefficient (Wildman–Crippen LogP) is 2.08. The van der Waals surface area contributed by atoms with Crippen LogP contribution < -0.4 is 16.2 Å². The van der Waals surface area contributed by atoms with Gasteiger partial charge < -0.3 is 15.6 Å². The van der Waals surface area contributed by atoms with Gasteiger partial charge in [0.05, 0.1) is 17.4 Å². The van der Waals surface area contributed by atoms with Crippen molar-refractivity contribution in [3.8, 4) is 0 Å². The lowest BCUT2D eigenvalue weighted by Gasteiger charge is -2.07. The van der Waals surface area contributed by atoms with Gasteiger partial charge in [-0.2, -0.15) is 0 Å². The fraction of sp³-hybridized carbons (Fsp3) is 0.0714. The van der Waals surface area contributed by atoms with Crippen LogP contribution in [0.4, 0.5) is 10.7 Å². The van der Waals surface area contributed by atoms with Crippen LogP contribution in [0.2, 0.25) is 0 Å². The Morgan fingerprint density at radius 2 is 2.29 bits per heavy atom. The minimum absolute atomic E-state index is 0.0594. The zero-order valence-electron chi connectivity index (χ0n) is 11.1. The molecule has 0 bridgehead atoms. The van der Waals surface area contributed by atoms with Crippen molar-refractivity contribution < 1.29 is 4.79 Å². The van der Waals surface area contributed by atoms with Gasteiger partial charge in [0.25, 0.3) is 11.5 Å². The number of nitrogens with one attached hydrogen (secondary N) is 3. The summed E-state index contributed by atoms with van der Waals surface area (Å²) in [5.74, 6) is -0.467. The number of carbonyl (C=O) groups is 1. The first-order chi connectivity index (χ1) is 10.2. The maximum atomic E-state index is 12.1. The normalized spacial score (nSPS) is 10.5. The quantitative estimate of drug-likeness (QED) is 0.691. The molecule has 0 aliphatic rings. The first kappa shape index (κ1) is 13.3. The number of para-hydroxylation sites is 1. The van der Waals surface area contributed by atoms with Gasteiger partial charge in [0.2, 0.25) is 0 Å². The van der Waals surface area contributed by atoms with E-state index in [1.165, 1.54) is 17.5 Å². The Morgan fingerprint density at radius 3 is 3.00 bits per heavy atom. The summed E-state index contributed by atoms with van der Waals surface area (Å²) in [5, 5.41) is 6.95. The fourth-order valence-electron chi connectivity index (χ4n) is 2.03. The molecule has 0 saturated carbocycles. The maximum Gasteiger partial charge on any atom is 0.261 e. The van der Waals surface area contributed by atoms with Crippen LogP contribution in [0.25, 0.3) is 10.9 Å². The highest BCUT2D eigenvalue weighted by Crippen LogP contribution is 2.20. The number of hydrogen-bond donors (Lipinski definition) is 3. The van der Waals surface area contributed by atoms with Gasteiger partial charge >= 0.3 is 0 Å². The number of aromatic nitrogens is 2. The standard InChI is InChI=1S/C14H11N4O2S/c1-15-10-4-2-3-8-5-9(14(20)18-12(8)10)13(19)17-11-6-16-7-21-11/h2-6,15H,1H3,(H,17,19)(H,18,20). The van der Waals surface area contributed by atoms with Gasteiger partial charge in [-0.3, -0.25) is 9.59 Å². The zero-order valence-corrected chi connectivity index (χ0v) is 11.9. The second-order valence-corrected chi connectivity index (χ2v) is 5.13. The number of hydrogen-bond acceptors (Lipinski definition) is 5. The van der Waals surface area contributed by atoms with Crippen LogP contribution in [0.3, 0.4) is 0 Å². The van der Waals surface area contributed by atoms with Crippen LogP contribution >= 0.6 is 11.3 Å². The molecule has 7 heteroatoms. The van der Waals surface area contributed by atoms with Crippen molar-refractivity contribution in [3.63, 3.8) is 0 Å². The summed E-state index contributed by atoms with van der Waals surface area (Å²) in [5.41, 5.74) is 3.73. The zero-order chi connectivity index (χ0) is 14.8. The maximum absolute atomic E-state index is 12.1. The van der Waals surface area contributed by atoms with Crippen LogP contribution in [0, 0.1) is 5.51 Å². The van der Waals surface area contributed by atoms with E-state index in [0.29, 0.717) is 10.5 Å². The van der Waals surface area contributed by atoms with Crippen molar-refractivity contribution in [3.05, 3.63) is 51.9 Å². The van der Waals surface area contributed by atoms with Gasteiger partial charge in [-0.1, -0.05) is 23.5 Å². The van der Waals surface area contributed by atoms with Crippen molar-refractivity contribution in [1.29, 1.82) is 0 Å². The number of rotatable bonds is 3. The fourth-order valence-corrected chi connectivity index (χ4v) is 2.49. The second-order valence-electron chi connectivity index (χ2n) is 4.30. The molecule has 1 radical (unpaired) electrons. The van der Waals surface area contributed by atoms with E-state index in [2.05, 4.69) is 26.1 Å². The molecule has 1 aromatic carbocycles. The molecule has 2 aromatic heterocycles. The Morgan fingerprint density at radius 1 is 1.43 bits per heavy atom. The third-order valence-corrected chi connectivity index (χ3v) is 3.64. The van der Waals surface area contributed by atoms with Gasteiger partial charge in [0, 0.05) is 12.4 Å². The topological polar surface area (TPSA) is 86.9 Å². The van der Waals surface area contributed by atoms with E-state index in [0.717, 1.165) is 11.1 Å². The third kappa shape index (κ3) is 2.50. The Hall–Kier alpha value is -2.67. The Balaban J connectivity index is 2.05. The van der Waals surface area contributed by atoms with Crippen molar-refractivity contribution in [2.75, 3.05) is 17.7 Å². The molecule has 2 heterocycles. The molecule has 0 spiro atoms. The van der Waals surface area contributed by atoms with Crippen LogP contribution in [-0.4, -0.2) is 22.9 Å². The molecule has 0 fully saturated rings.